The monoisotopic (exact) mass is 306 g/mol. The summed E-state index contributed by atoms with van der Waals surface area (Å²) >= 11 is 0. The second kappa shape index (κ2) is 5.52. The van der Waals surface area contributed by atoms with Crippen molar-refractivity contribution in [2.24, 2.45) is 4.99 Å². The molecule has 2 aromatic rings. The molecule has 2 heteroatoms. The van der Waals surface area contributed by atoms with Gasteiger partial charge in [-0.15, -0.1) is 0 Å². The van der Waals surface area contributed by atoms with E-state index in [-0.39, 0.29) is 5.54 Å². The minimum Gasteiger partial charge on any atom is -0.352 e. The molecule has 1 aliphatic heterocycles. The van der Waals surface area contributed by atoms with Crippen molar-refractivity contribution in [2.75, 3.05) is 7.05 Å². The minimum atomic E-state index is -0.196. The van der Waals surface area contributed by atoms with E-state index in [4.69, 9.17) is 4.99 Å². The highest BCUT2D eigenvalue weighted by Crippen LogP contribution is 2.45. The van der Waals surface area contributed by atoms with Gasteiger partial charge in [0, 0.05) is 12.6 Å². The quantitative estimate of drug-likeness (QED) is 0.735. The summed E-state index contributed by atoms with van der Waals surface area (Å²) in [4.78, 5) is 7.01. The third kappa shape index (κ3) is 2.37. The second-order valence-electron chi connectivity index (χ2n) is 7.14. The largest absolute Gasteiger partial charge is 0.352 e. The third-order valence-corrected chi connectivity index (χ3v) is 5.20. The Labute approximate surface area is 139 Å². The Bertz CT molecular complexity index is 773. The lowest BCUT2D eigenvalue weighted by Gasteiger charge is -2.43. The van der Waals surface area contributed by atoms with Crippen molar-refractivity contribution >= 4 is 12.0 Å². The molecule has 0 bridgehead atoms. The molecule has 1 aliphatic rings. The van der Waals surface area contributed by atoms with Crippen LogP contribution in [0.1, 0.15) is 54.5 Å². The molecule has 0 spiro atoms. The Balaban J connectivity index is 2.31. The Morgan fingerprint density at radius 1 is 1.04 bits per heavy atom. The number of aryl methyl sites for hydroxylation is 2. The van der Waals surface area contributed by atoms with Crippen molar-refractivity contribution in [3.8, 4) is 0 Å². The highest BCUT2D eigenvalue weighted by molar-refractivity contribution is 5.74. The lowest BCUT2D eigenvalue weighted by molar-refractivity contribution is 0.290. The van der Waals surface area contributed by atoms with E-state index in [2.05, 4.69) is 83.0 Å². The summed E-state index contributed by atoms with van der Waals surface area (Å²) in [6.45, 7) is 11.1. The van der Waals surface area contributed by atoms with Crippen molar-refractivity contribution in [1.82, 2.24) is 4.90 Å². The van der Waals surface area contributed by atoms with Gasteiger partial charge in [-0.1, -0.05) is 55.8 Å². The molecule has 1 heterocycles. The van der Waals surface area contributed by atoms with Gasteiger partial charge < -0.3 is 4.90 Å². The van der Waals surface area contributed by atoms with Crippen LogP contribution in [0.2, 0.25) is 0 Å². The predicted molar refractivity (Wildman–Crippen MR) is 98.8 cm³/mol. The van der Waals surface area contributed by atoms with Crippen LogP contribution in [0.25, 0.3) is 0 Å². The smallest absolute Gasteiger partial charge is 0.0919 e. The van der Waals surface area contributed by atoms with Crippen molar-refractivity contribution in [3.05, 3.63) is 64.2 Å². The molecule has 0 saturated carbocycles. The number of rotatable bonds is 2. The minimum absolute atomic E-state index is 0.196. The third-order valence-electron chi connectivity index (χ3n) is 5.20. The van der Waals surface area contributed by atoms with E-state index in [9.17, 15) is 0 Å². The molecule has 2 aromatic carbocycles. The van der Waals surface area contributed by atoms with Crippen LogP contribution in [0, 0.1) is 13.8 Å². The summed E-state index contributed by atoms with van der Waals surface area (Å²) in [6.07, 6.45) is 1.98. The highest BCUT2D eigenvalue weighted by atomic mass is 15.2. The average molecular weight is 306 g/mol. The number of nitrogens with zero attached hydrogens (tertiary/aromatic N) is 2. The normalized spacial score (nSPS) is 20.0. The topological polar surface area (TPSA) is 15.6 Å². The van der Waals surface area contributed by atoms with Crippen LogP contribution in [-0.2, 0) is 5.54 Å². The maximum atomic E-state index is 4.77. The van der Waals surface area contributed by atoms with Crippen LogP contribution in [0.15, 0.2) is 41.4 Å². The molecule has 0 saturated heterocycles. The first-order chi connectivity index (χ1) is 10.9. The van der Waals surface area contributed by atoms with Crippen molar-refractivity contribution in [3.63, 3.8) is 0 Å². The summed E-state index contributed by atoms with van der Waals surface area (Å²) in [7, 11) is 2.12. The van der Waals surface area contributed by atoms with Gasteiger partial charge in [0.2, 0.25) is 0 Å². The zero-order valence-electron chi connectivity index (χ0n) is 15.0. The van der Waals surface area contributed by atoms with E-state index >= 15 is 0 Å². The van der Waals surface area contributed by atoms with E-state index < -0.39 is 0 Å². The molecule has 0 fully saturated rings. The molecule has 0 N–H and O–H groups in total. The summed E-state index contributed by atoms with van der Waals surface area (Å²) in [5.74, 6) is 0.466. The number of fused-ring (bicyclic) bond motifs is 1. The van der Waals surface area contributed by atoms with E-state index in [0.717, 1.165) is 5.69 Å². The van der Waals surface area contributed by atoms with Crippen LogP contribution in [0.3, 0.4) is 0 Å². The van der Waals surface area contributed by atoms with Crippen molar-refractivity contribution < 1.29 is 0 Å². The molecule has 0 aromatic heterocycles. The Kier molecular flexibility index (Phi) is 3.79. The Hall–Kier alpha value is -2.09. The van der Waals surface area contributed by atoms with Crippen molar-refractivity contribution in [2.45, 2.75) is 46.1 Å². The Morgan fingerprint density at radius 3 is 2.48 bits per heavy atom. The van der Waals surface area contributed by atoms with Gasteiger partial charge in [-0.05, 0) is 43.4 Å². The van der Waals surface area contributed by atoms with Gasteiger partial charge in [0.15, 0.2) is 0 Å². The molecule has 0 radical (unpaired) electrons. The summed E-state index contributed by atoms with van der Waals surface area (Å²) < 4.78 is 0. The van der Waals surface area contributed by atoms with Crippen LogP contribution in [0.5, 0.6) is 0 Å². The van der Waals surface area contributed by atoms with E-state index in [1.54, 1.807) is 0 Å². The molecule has 1 atom stereocenters. The fraction of sp³-hybridized carbons (Fsp3) is 0.381. The molecule has 0 aliphatic carbocycles. The second-order valence-corrected chi connectivity index (χ2v) is 7.14. The predicted octanol–water partition coefficient (Wildman–Crippen LogP) is 5.30. The molecule has 120 valence electrons. The van der Waals surface area contributed by atoms with E-state index in [1.807, 2.05) is 6.34 Å². The number of aliphatic imine (C=N–C) groups is 1. The van der Waals surface area contributed by atoms with Crippen LogP contribution >= 0.6 is 0 Å². The standard InChI is InChI=1S/C21H26N2/c1-14(2)17-8-7-9-18-20(17)22-13-23(6)21(18,5)19-12-15(3)10-11-16(19)4/h7-14H,1-6H3. The zero-order chi connectivity index (χ0) is 16.8. The Morgan fingerprint density at radius 2 is 1.78 bits per heavy atom. The van der Waals surface area contributed by atoms with Gasteiger partial charge in [0.05, 0.1) is 17.6 Å². The summed E-state index contributed by atoms with van der Waals surface area (Å²) in [5.41, 5.74) is 7.53. The number of para-hydroxylation sites is 1. The van der Waals surface area contributed by atoms with Crippen molar-refractivity contribution in [1.29, 1.82) is 0 Å². The average Bonchev–Trinajstić information content (AvgIpc) is 2.52. The lowest BCUT2D eigenvalue weighted by Crippen LogP contribution is -2.44. The fourth-order valence-corrected chi connectivity index (χ4v) is 3.61. The van der Waals surface area contributed by atoms with Gasteiger partial charge >= 0.3 is 0 Å². The van der Waals surface area contributed by atoms with Gasteiger partial charge in [-0.25, -0.2) is 4.99 Å². The maximum Gasteiger partial charge on any atom is 0.0919 e. The van der Waals surface area contributed by atoms with Crippen LogP contribution < -0.4 is 0 Å². The SMILES string of the molecule is Cc1ccc(C)c(C2(C)c3cccc(C(C)C)c3N=CN2C)c1. The van der Waals surface area contributed by atoms with Crippen LogP contribution in [-0.4, -0.2) is 18.3 Å². The first-order valence-electron chi connectivity index (χ1n) is 8.34. The summed E-state index contributed by atoms with van der Waals surface area (Å²) in [6, 6.07) is 13.3. The molecule has 23 heavy (non-hydrogen) atoms. The highest BCUT2D eigenvalue weighted by Gasteiger charge is 2.38. The van der Waals surface area contributed by atoms with E-state index in [0.29, 0.717) is 5.92 Å². The van der Waals surface area contributed by atoms with Gasteiger partial charge in [0.25, 0.3) is 0 Å². The first kappa shape index (κ1) is 15.8. The van der Waals surface area contributed by atoms with Gasteiger partial charge in [0.1, 0.15) is 0 Å². The summed E-state index contributed by atoms with van der Waals surface area (Å²) in [5, 5.41) is 0. The van der Waals surface area contributed by atoms with Gasteiger partial charge in [-0.2, -0.15) is 0 Å². The van der Waals surface area contributed by atoms with Gasteiger partial charge in [-0.3, -0.25) is 0 Å². The lowest BCUT2D eigenvalue weighted by atomic mass is 9.77. The number of hydrogen-bond acceptors (Lipinski definition) is 2. The molecule has 2 nitrogen and oxygen atoms in total. The molecule has 0 amide bonds. The molecular weight excluding hydrogens is 280 g/mol. The fourth-order valence-electron chi connectivity index (χ4n) is 3.61. The zero-order valence-corrected chi connectivity index (χ0v) is 15.0. The maximum absolute atomic E-state index is 4.77. The van der Waals surface area contributed by atoms with E-state index in [1.165, 1.54) is 27.8 Å². The molecular formula is C21H26N2. The molecule has 1 unspecified atom stereocenters. The number of benzene rings is 2. The first-order valence-corrected chi connectivity index (χ1v) is 8.34. The van der Waals surface area contributed by atoms with Crippen LogP contribution in [0.4, 0.5) is 5.69 Å². The number of hydrogen-bond donors (Lipinski definition) is 0. The molecule has 3 rings (SSSR count).